The quantitative estimate of drug-likeness (QED) is 0.738. The first-order valence-electron chi connectivity index (χ1n) is 3.77. The number of carboxylic acid groups (broad SMARTS) is 1. The second kappa shape index (κ2) is 4.00. The number of aromatic carboxylic acids is 1. The summed E-state index contributed by atoms with van der Waals surface area (Å²) in [7, 11) is 0. The predicted molar refractivity (Wildman–Crippen MR) is 44.1 cm³/mol. The van der Waals surface area contributed by atoms with Crippen LogP contribution in [0.1, 0.15) is 15.9 Å². The van der Waals surface area contributed by atoms with E-state index < -0.39 is 11.8 Å². The molecule has 0 aliphatic heterocycles. The molecule has 0 aromatic heterocycles. The van der Waals surface area contributed by atoms with Gasteiger partial charge in [0.25, 0.3) is 0 Å². The SMILES string of the molecule is O=C(O)c1cc(F)ccc1CCO. The van der Waals surface area contributed by atoms with Gasteiger partial charge in [-0.3, -0.25) is 0 Å². The molecule has 0 fully saturated rings. The molecule has 0 bridgehead atoms. The molecule has 4 heteroatoms. The normalized spacial score (nSPS) is 10.0. The first-order chi connectivity index (χ1) is 6.15. The van der Waals surface area contributed by atoms with E-state index in [0.29, 0.717) is 5.56 Å². The number of aliphatic hydroxyl groups excluding tert-OH is 1. The van der Waals surface area contributed by atoms with E-state index in [1.807, 2.05) is 0 Å². The lowest BCUT2D eigenvalue weighted by molar-refractivity contribution is 0.0695. The number of benzene rings is 1. The lowest BCUT2D eigenvalue weighted by atomic mass is 10.1. The van der Waals surface area contributed by atoms with Crippen LogP contribution in [0.2, 0.25) is 0 Å². The highest BCUT2D eigenvalue weighted by Crippen LogP contribution is 2.11. The Balaban J connectivity index is 3.10. The molecule has 1 aromatic rings. The molecule has 0 aliphatic rings. The van der Waals surface area contributed by atoms with Gasteiger partial charge in [-0.15, -0.1) is 0 Å². The number of carboxylic acids is 1. The molecule has 1 aromatic carbocycles. The summed E-state index contributed by atoms with van der Waals surface area (Å²) < 4.78 is 12.6. The zero-order chi connectivity index (χ0) is 9.84. The Morgan fingerprint density at radius 3 is 2.69 bits per heavy atom. The average molecular weight is 184 g/mol. The van der Waals surface area contributed by atoms with Crippen LogP contribution in [-0.4, -0.2) is 22.8 Å². The number of aliphatic hydroxyl groups is 1. The van der Waals surface area contributed by atoms with Crippen molar-refractivity contribution in [2.45, 2.75) is 6.42 Å². The number of carbonyl (C=O) groups is 1. The third-order valence-corrected chi connectivity index (χ3v) is 1.68. The zero-order valence-corrected chi connectivity index (χ0v) is 6.83. The fourth-order valence-corrected chi connectivity index (χ4v) is 1.09. The summed E-state index contributed by atoms with van der Waals surface area (Å²) in [6.45, 7) is -0.147. The average Bonchev–Trinajstić information content (AvgIpc) is 2.08. The van der Waals surface area contributed by atoms with Crippen LogP contribution >= 0.6 is 0 Å². The molecule has 13 heavy (non-hydrogen) atoms. The highest BCUT2D eigenvalue weighted by molar-refractivity contribution is 5.89. The van der Waals surface area contributed by atoms with E-state index in [4.69, 9.17) is 10.2 Å². The summed E-state index contributed by atoms with van der Waals surface area (Å²) in [5, 5.41) is 17.3. The highest BCUT2D eigenvalue weighted by Gasteiger charge is 2.10. The molecule has 70 valence electrons. The maximum atomic E-state index is 12.6. The smallest absolute Gasteiger partial charge is 0.336 e. The van der Waals surface area contributed by atoms with E-state index >= 15 is 0 Å². The summed E-state index contributed by atoms with van der Waals surface area (Å²) in [4.78, 5) is 10.6. The van der Waals surface area contributed by atoms with Gasteiger partial charge in [0.15, 0.2) is 0 Å². The molecule has 0 atom stereocenters. The van der Waals surface area contributed by atoms with E-state index in [1.54, 1.807) is 0 Å². The monoisotopic (exact) mass is 184 g/mol. The van der Waals surface area contributed by atoms with Crippen molar-refractivity contribution in [3.8, 4) is 0 Å². The van der Waals surface area contributed by atoms with Gasteiger partial charge in [-0.25, -0.2) is 9.18 Å². The van der Waals surface area contributed by atoms with Crippen molar-refractivity contribution in [1.29, 1.82) is 0 Å². The molecule has 1 rings (SSSR count). The van der Waals surface area contributed by atoms with E-state index in [9.17, 15) is 9.18 Å². The van der Waals surface area contributed by atoms with Crippen molar-refractivity contribution in [3.63, 3.8) is 0 Å². The maximum absolute atomic E-state index is 12.6. The van der Waals surface area contributed by atoms with E-state index in [1.165, 1.54) is 12.1 Å². The van der Waals surface area contributed by atoms with Gasteiger partial charge in [0.2, 0.25) is 0 Å². The van der Waals surface area contributed by atoms with Gasteiger partial charge in [0.1, 0.15) is 5.82 Å². The van der Waals surface area contributed by atoms with Crippen molar-refractivity contribution >= 4 is 5.97 Å². The van der Waals surface area contributed by atoms with Gasteiger partial charge >= 0.3 is 5.97 Å². The Labute approximate surface area is 74.4 Å². The molecule has 0 radical (unpaired) electrons. The molecule has 0 saturated heterocycles. The Morgan fingerprint density at radius 2 is 2.15 bits per heavy atom. The van der Waals surface area contributed by atoms with Crippen LogP contribution in [0, 0.1) is 5.82 Å². The summed E-state index contributed by atoms with van der Waals surface area (Å²) in [6.07, 6.45) is 0.224. The Kier molecular flexibility index (Phi) is 2.97. The zero-order valence-electron chi connectivity index (χ0n) is 6.83. The standard InChI is InChI=1S/C9H9FO3/c10-7-2-1-6(3-4-11)8(5-7)9(12)13/h1-2,5,11H,3-4H2,(H,12,13). The van der Waals surface area contributed by atoms with Gasteiger partial charge in [0.05, 0.1) is 5.56 Å². The van der Waals surface area contributed by atoms with Crippen LogP contribution in [0.25, 0.3) is 0 Å². The Bertz CT molecular complexity index is 323. The largest absolute Gasteiger partial charge is 0.478 e. The fraction of sp³-hybridized carbons (Fsp3) is 0.222. The van der Waals surface area contributed by atoms with Crippen molar-refractivity contribution in [2.75, 3.05) is 6.61 Å². The molecule has 3 nitrogen and oxygen atoms in total. The van der Waals surface area contributed by atoms with Crippen molar-refractivity contribution in [2.24, 2.45) is 0 Å². The number of hydrogen-bond donors (Lipinski definition) is 2. The minimum absolute atomic E-state index is 0.0888. The molecule has 0 spiro atoms. The van der Waals surface area contributed by atoms with Crippen LogP contribution in [-0.2, 0) is 6.42 Å². The van der Waals surface area contributed by atoms with Gasteiger partial charge < -0.3 is 10.2 Å². The number of halogens is 1. The first-order valence-corrected chi connectivity index (χ1v) is 3.77. The lowest BCUT2D eigenvalue weighted by Gasteiger charge is -2.03. The molecule has 0 amide bonds. The van der Waals surface area contributed by atoms with Gasteiger partial charge in [-0.2, -0.15) is 0 Å². The van der Waals surface area contributed by atoms with Crippen molar-refractivity contribution in [3.05, 3.63) is 35.1 Å². The third-order valence-electron chi connectivity index (χ3n) is 1.68. The predicted octanol–water partition coefficient (Wildman–Crippen LogP) is 1.06. The molecular weight excluding hydrogens is 175 g/mol. The Morgan fingerprint density at radius 1 is 1.46 bits per heavy atom. The summed E-state index contributed by atoms with van der Waals surface area (Å²) in [5.41, 5.74) is 0.352. The molecule has 2 N–H and O–H groups in total. The summed E-state index contributed by atoms with van der Waals surface area (Å²) >= 11 is 0. The minimum Gasteiger partial charge on any atom is -0.478 e. The minimum atomic E-state index is -1.18. The van der Waals surface area contributed by atoms with Crippen LogP contribution in [0.5, 0.6) is 0 Å². The van der Waals surface area contributed by atoms with Crippen LogP contribution in [0.3, 0.4) is 0 Å². The topological polar surface area (TPSA) is 57.5 Å². The van der Waals surface area contributed by atoms with Crippen molar-refractivity contribution < 1.29 is 19.4 Å². The summed E-state index contributed by atoms with van der Waals surface area (Å²) in [5.74, 6) is -1.76. The first kappa shape index (κ1) is 9.67. The molecule has 0 heterocycles. The second-order valence-corrected chi connectivity index (χ2v) is 2.58. The number of rotatable bonds is 3. The van der Waals surface area contributed by atoms with Gasteiger partial charge in [-0.1, -0.05) is 6.07 Å². The van der Waals surface area contributed by atoms with Crippen LogP contribution < -0.4 is 0 Å². The highest BCUT2D eigenvalue weighted by atomic mass is 19.1. The van der Waals surface area contributed by atoms with E-state index in [2.05, 4.69) is 0 Å². The molecular formula is C9H9FO3. The van der Waals surface area contributed by atoms with Crippen molar-refractivity contribution in [1.82, 2.24) is 0 Å². The van der Waals surface area contributed by atoms with E-state index in [-0.39, 0.29) is 18.6 Å². The van der Waals surface area contributed by atoms with Crippen LogP contribution in [0.4, 0.5) is 4.39 Å². The van der Waals surface area contributed by atoms with Gasteiger partial charge in [0, 0.05) is 6.61 Å². The van der Waals surface area contributed by atoms with E-state index in [0.717, 1.165) is 6.07 Å². The summed E-state index contributed by atoms with van der Waals surface area (Å²) in [6, 6.07) is 3.50. The lowest BCUT2D eigenvalue weighted by Crippen LogP contribution is -2.04. The third kappa shape index (κ3) is 2.26. The fourth-order valence-electron chi connectivity index (χ4n) is 1.09. The molecule has 0 unspecified atom stereocenters. The number of hydrogen-bond acceptors (Lipinski definition) is 2. The van der Waals surface area contributed by atoms with Crippen LogP contribution in [0.15, 0.2) is 18.2 Å². The Hall–Kier alpha value is -1.42. The molecule has 0 aliphatic carbocycles. The molecule has 0 saturated carbocycles. The second-order valence-electron chi connectivity index (χ2n) is 2.58. The maximum Gasteiger partial charge on any atom is 0.336 e. The van der Waals surface area contributed by atoms with Gasteiger partial charge in [-0.05, 0) is 24.1 Å².